The van der Waals surface area contributed by atoms with Crippen LogP contribution in [0.25, 0.3) is 11.0 Å². The number of ether oxygens (including phenoxy) is 1. The van der Waals surface area contributed by atoms with Gasteiger partial charge in [-0.15, -0.1) is 0 Å². The summed E-state index contributed by atoms with van der Waals surface area (Å²) >= 11 is 0. The van der Waals surface area contributed by atoms with E-state index in [4.69, 9.17) is 9.15 Å². The van der Waals surface area contributed by atoms with Crippen molar-refractivity contribution in [3.63, 3.8) is 0 Å². The monoisotopic (exact) mass is 392 g/mol. The van der Waals surface area contributed by atoms with E-state index in [2.05, 4.69) is 4.98 Å². The number of benzene rings is 1. The predicted octanol–water partition coefficient (Wildman–Crippen LogP) is 3.41. The van der Waals surface area contributed by atoms with Crippen molar-refractivity contribution < 1.29 is 13.9 Å². The van der Waals surface area contributed by atoms with Gasteiger partial charge < -0.3 is 14.1 Å². The Hall–Kier alpha value is -3.15. The Bertz CT molecular complexity index is 1120. The van der Waals surface area contributed by atoms with Crippen LogP contribution in [0.5, 0.6) is 5.75 Å². The van der Waals surface area contributed by atoms with Gasteiger partial charge in [0.25, 0.3) is 5.91 Å². The second-order valence-electron chi connectivity index (χ2n) is 7.54. The van der Waals surface area contributed by atoms with Crippen LogP contribution in [-0.4, -0.2) is 28.9 Å². The predicted molar refractivity (Wildman–Crippen MR) is 110 cm³/mol. The van der Waals surface area contributed by atoms with Gasteiger partial charge in [0.15, 0.2) is 6.10 Å². The average Bonchev–Trinajstić information content (AvgIpc) is 3.21. The number of carbonyl (C=O) groups is 1. The molecule has 0 saturated heterocycles. The van der Waals surface area contributed by atoms with E-state index in [1.807, 2.05) is 37.3 Å². The molecule has 0 radical (unpaired) electrons. The summed E-state index contributed by atoms with van der Waals surface area (Å²) in [6.07, 6.45) is 3.67. The highest BCUT2D eigenvalue weighted by Crippen LogP contribution is 2.33. The summed E-state index contributed by atoms with van der Waals surface area (Å²) in [6, 6.07) is 9.40. The fraction of sp³-hybridized carbons (Fsp3) is 0.348. The van der Waals surface area contributed by atoms with Crippen LogP contribution in [-0.2, 0) is 24.2 Å². The SMILES string of the molecule is Cc1c(OC(C)C(=O)N(C)Cc2ccccn2)ccc2c3c(c(=O)oc12)CCC3. The third kappa shape index (κ3) is 3.62. The molecule has 1 unspecified atom stereocenters. The minimum absolute atomic E-state index is 0.148. The van der Waals surface area contributed by atoms with Crippen LogP contribution in [0.1, 0.15) is 35.7 Å². The highest BCUT2D eigenvalue weighted by Gasteiger charge is 2.24. The van der Waals surface area contributed by atoms with Crippen LogP contribution >= 0.6 is 0 Å². The topological polar surface area (TPSA) is 72.6 Å². The van der Waals surface area contributed by atoms with Gasteiger partial charge in [0, 0.05) is 29.8 Å². The highest BCUT2D eigenvalue weighted by molar-refractivity contribution is 5.86. The zero-order chi connectivity index (χ0) is 20.5. The van der Waals surface area contributed by atoms with Crippen molar-refractivity contribution in [1.29, 1.82) is 0 Å². The summed E-state index contributed by atoms with van der Waals surface area (Å²) in [7, 11) is 1.73. The molecular weight excluding hydrogens is 368 g/mol. The van der Waals surface area contributed by atoms with Gasteiger partial charge in [-0.1, -0.05) is 6.07 Å². The van der Waals surface area contributed by atoms with Crippen molar-refractivity contribution in [3.8, 4) is 5.75 Å². The summed E-state index contributed by atoms with van der Waals surface area (Å²) < 4.78 is 11.6. The summed E-state index contributed by atoms with van der Waals surface area (Å²) in [5, 5.41) is 0.966. The first-order valence-electron chi connectivity index (χ1n) is 9.85. The van der Waals surface area contributed by atoms with Crippen LogP contribution in [0.15, 0.2) is 45.7 Å². The van der Waals surface area contributed by atoms with Gasteiger partial charge in [0.2, 0.25) is 0 Å². The zero-order valence-electron chi connectivity index (χ0n) is 16.9. The number of likely N-dealkylation sites (N-methyl/N-ethyl adjacent to an activating group) is 1. The van der Waals surface area contributed by atoms with Gasteiger partial charge in [-0.05, 0) is 62.9 Å². The molecule has 6 heteroatoms. The molecule has 2 aromatic heterocycles. The number of pyridine rings is 1. The van der Waals surface area contributed by atoms with Crippen LogP contribution in [0, 0.1) is 6.92 Å². The summed E-state index contributed by atoms with van der Waals surface area (Å²) in [5.74, 6) is 0.399. The number of rotatable bonds is 5. The fourth-order valence-electron chi connectivity index (χ4n) is 3.95. The van der Waals surface area contributed by atoms with E-state index in [1.165, 1.54) is 0 Å². The highest BCUT2D eigenvalue weighted by atomic mass is 16.5. The lowest BCUT2D eigenvalue weighted by molar-refractivity contribution is -0.137. The molecule has 1 atom stereocenters. The second kappa shape index (κ2) is 7.70. The second-order valence-corrected chi connectivity index (χ2v) is 7.54. The van der Waals surface area contributed by atoms with Crippen LogP contribution in [0.2, 0.25) is 0 Å². The molecule has 6 nitrogen and oxygen atoms in total. The average molecular weight is 392 g/mol. The maximum Gasteiger partial charge on any atom is 0.339 e. The Labute approximate surface area is 169 Å². The quantitative estimate of drug-likeness (QED) is 0.622. The summed E-state index contributed by atoms with van der Waals surface area (Å²) in [6.45, 7) is 3.99. The van der Waals surface area contributed by atoms with Gasteiger partial charge in [0.05, 0.1) is 12.2 Å². The first kappa shape index (κ1) is 19.2. The molecule has 29 heavy (non-hydrogen) atoms. The van der Waals surface area contributed by atoms with E-state index in [0.717, 1.165) is 47.0 Å². The number of amides is 1. The third-order valence-corrected chi connectivity index (χ3v) is 5.49. The number of nitrogens with zero attached hydrogens (tertiary/aromatic N) is 2. The first-order chi connectivity index (χ1) is 14.0. The van der Waals surface area contributed by atoms with Crippen molar-refractivity contribution in [2.75, 3.05) is 7.05 Å². The van der Waals surface area contributed by atoms with E-state index in [9.17, 15) is 9.59 Å². The van der Waals surface area contributed by atoms with Gasteiger partial charge >= 0.3 is 5.63 Å². The molecule has 0 bridgehead atoms. The number of aryl methyl sites for hydroxylation is 2. The first-order valence-corrected chi connectivity index (χ1v) is 9.85. The van der Waals surface area contributed by atoms with E-state index < -0.39 is 6.10 Å². The van der Waals surface area contributed by atoms with E-state index in [1.54, 1.807) is 25.1 Å². The lowest BCUT2D eigenvalue weighted by atomic mass is 10.0. The largest absolute Gasteiger partial charge is 0.480 e. The van der Waals surface area contributed by atoms with Crippen LogP contribution in [0.3, 0.4) is 0 Å². The number of hydrogen-bond acceptors (Lipinski definition) is 5. The standard InChI is InChI=1S/C23H24N2O4/c1-14-20(11-10-18-17-8-6-9-19(17)23(27)29-21(14)18)28-15(2)22(26)25(3)13-16-7-4-5-12-24-16/h4-5,7,10-12,15H,6,8-9,13H2,1-3H3. The Balaban J connectivity index is 1.56. The molecule has 1 aliphatic rings. The Morgan fingerprint density at radius 2 is 2.03 bits per heavy atom. The molecular formula is C23H24N2O4. The summed E-state index contributed by atoms with van der Waals surface area (Å²) in [5.41, 5.74) is 3.73. The molecule has 1 amide bonds. The molecule has 1 aromatic carbocycles. The molecule has 4 rings (SSSR count). The minimum atomic E-state index is -0.680. The molecule has 0 aliphatic heterocycles. The smallest absolute Gasteiger partial charge is 0.339 e. The zero-order valence-corrected chi connectivity index (χ0v) is 16.9. The Kier molecular flexibility index (Phi) is 5.09. The lowest BCUT2D eigenvalue weighted by Crippen LogP contribution is -2.37. The normalized spacial score (nSPS) is 13.9. The molecule has 0 spiro atoms. The molecule has 3 aromatic rings. The number of hydrogen-bond donors (Lipinski definition) is 0. The van der Waals surface area contributed by atoms with Crippen LogP contribution < -0.4 is 10.4 Å². The maximum absolute atomic E-state index is 12.7. The van der Waals surface area contributed by atoms with Crippen molar-refractivity contribution in [1.82, 2.24) is 9.88 Å². The Morgan fingerprint density at radius 3 is 2.79 bits per heavy atom. The van der Waals surface area contributed by atoms with E-state index >= 15 is 0 Å². The minimum Gasteiger partial charge on any atom is -0.480 e. The third-order valence-electron chi connectivity index (χ3n) is 5.49. The molecule has 150 valence electrons. The van der Waals surface area contributed by atoms with Crippen molar-refractivity contribution in [2.24, 2.45) is 0 Å². The molecule has 0 saturated carbocycles. The van der Waals surface area contributed by atoms with E-state index in [0.29, 0.717) is 17.9 Å². The Morgan fingerprint density at radius 1 is 1.24 bits per heavy atom. The van der Waals surface area contributed by atoms with Gasteiger partial charge in [-0.2, -0.15) is 0 Å². The van der Waals surface area contributed by atoms with Crippen molar-refractivity contribution >= 4 is 16.9 Å². The molecule has 1 aliphatic carbocycles. The van der Waals surface area contributed by atoms with Gasteiger partial charge in [0.1, 0.15) is 11.3 Å². The van der Waals surface area contributed by atoms with Crippen LogP contribution in [0.4, 0.5) is 0 Å². The van der Waals surface area contributed by atoms with Gasteiger partial charge in [-0.25, -0.2) is 4.79 Å². The van der Waals surface area contributed by atoms with E-state index in [-0.39, 0.29) is 11.5 Å². The maximum atomic E-state index is 12.7. The van der Waals surface area contributed by atoms with Gasteiger partial charge in [-0.3, -0.25) is 9.78 Å². The lowest BCUT2D eigenvalue weighted by Gasteiger charge is -2.22. The van der Waals surface area contributed by atoms with Crippen molar-refractivity contribution in [3.05, 3.63) is 69.3 Å². The number of aromatic nitrogens is 1. The molecule has 0 N–H and O–H groups in total. The fourth-order valence-corrected chi connectivity index (χ4v) is 3.95. The number of carbonyl (C=O) groups excluding carboxylic acids is 1. The summed E-state index contributed by atoms with van der Waals surface area (Å²) in [4.78, 5) is 30.9. The number of fused-ring (bicyclic) bond motifs is 3. The molecule has 0 fully saturated rings. The van der Waals surface area contributed by atoms with Crippen molar-refractivity contribution in [2.45, 2.75) is 45.8 Å². The molecule has 2 heterocycles.